The summed E-state index contributed by atoms with van der Waals surface area (Å²) in [6, 6.07) is 10.8. The molecular formula is C14H10Br3ClN2O. The summed E-state index contributed by atoms with van der Waals surface area (Å²) in [6.07, 6.45) is 0. The molecule has 110 valence electrons. The normalized spacial score (nSPS) is 10.3. The molecule has 2 aromatic rings. The SMILES string of the molecule is O=C(CNc1c(Br)cc(Br)cc1Br)Nc1cccc(Cl)c1. The number of carbonyl (C=O) groups excluding carboxylic acids is 1. The third kappa shape index (κ3) is 4.98. The Morgan fingerprint density at radius 3 is 2.38 bits per heavy atom. The van der Waals surface area contributed by atoms with Crippen LogP contribution in [0.5, 0.6) is 0 Å². The number of anilines is 2. The fraction of sp³-hybridized carbons (Fsp3) is 0.0714. The number of hydrogen-bond acceptors (Lipinski definition) is 2. The number of rotatable bonds is 4. The molecule has 2 aromatic carbocycles. The molecule has 0 aliphatic rings. The summed E-state index contributed by atoms with van der Waals surface area (Å²) >= 11 is 16.2. The van der Waals surface area contributed by atoms with Crippen molar-refractivity contribution in [3.05, 3.63) is 54.8 Å². The first kappa shape index (κ1) is 16.8. The van der Waals surface area contributed by atoms with Gasteiger partial charge in [-0.2, -0.15) is 0 Å². The van der Waals surface area contributed by atoms with Crippen molar-refractivity contribution in [2.75, 3.05) is 17.2 Å². The first-order valence-corrected chi connectivity index (χ1v) is 8.65. The molecule has 21 heavy (non-hydrogen) atoms. The van der Waals surface area contributed by atoms with Crippen molar-refractivity contribution in [3.8, 4) is 0 Å². The van der Waals surface area contributed by atoms with Crippen LogP contribution in [0.25, 0.3) is 0 Å². The zero-order chi connectivity index (χ0) is 15.4. The molecule has 0 aliphatic heterocycles. The summed E-state index contributed by atoms with van der Waals surface area (Å²) in [7, 11) is 0. The molecule has 2 N–H and O–H groups in total. The van der Waals surface area contributed by atoms with Gasteiger partial charge in [-0.1, -0.05) is 33.6 Å². The molecule has 0 spiro atoms. The van der Waals surface area contributed by atoms with E-state index in [0.717, 1.165) is 19.1 Å². The molecule has 0 aliphatic carbocycles. The molecule has 0 radical (unpaired) electrons. The van der Waals surface area contributed by atoms with Crippen molar-refractivity contribution in [3.63, 3.8) is 0 Å². The molecule has 2 rings (SSSR count). The third-order valence-corrected chi connectivity index (χ3v) is 4.48. The van der Waals surface area contributed by atoms with Crippen molar-refractivity contribution in [1.82, 2.24) is 0 Å². The first-order valence-electron chi connectivity index (χ1n) is 5.89. The lowest BCUT2D eigenvalue weighted by Crippen LogP contribution is -2.22. The van der Waals surface area contributed by atoms with Gasteiger partial charge in [-0.15, -0.1) is 0 Å². The van der Waals surface area contributed by atoms with Gasteiger partial charge >= 0.3 is 0 Å². The van der Waals surface area contributed by atoms with E-state index >= 15 is 0 Å². The number of hydrogen-bond donors (Lipinski definition) is 2. The molecule has 1 amide bonds. The summed E-state index contributed by atoms with van der Waals surface area (Å²) in [5.41, 5.74) is 1.49. The van der Waals surface area contributed by atoms with E-state index in [2.05, 4.69) is 58.4 Å². The van der Waals surface area contributed by atoms with Crippen molar-refractivity contribution >= 4 is 76.7 Å². The Balaban J connectivity index is 1.99. The molecule has 0 fully saturated rings. The Morgan fingerprint density at radius 2 is 1.76 bits per heavy atom. The van der Waals surface area contributed by atoms with Gasteiger partial charge in [-0.25, -0.2) is 0 Å². The van der Waals surface area contributed by atoms with Gasteiger partial charge in [0.1, 0.15) is 0 Å². The largest absolute Gasteiger partial charge is 0.374 e. The Bertz CT molecular complexity index is 656. The summed E-state index contributed by atoms with van der Waals surface area (Å²) in [6.45, 7) is 0.144. The molecule has 0 bridgehead atoms. The second-order valence-corrected chi connectivity index (χ2v) is 7.22. The highest BCUT2D eigenvalue weighted by molar-refractivity contribution is 9.11. The van der Waals surface area contributed by atoms with Crippen molar-refractivity contribution in [1.29, 1.82) is 0 Å². The standard InChI is InChI=1S/C14H10Br3ClN2O/c15-8-4-11(16)14(12(17)5-8)19-7-13(21)20-10-3-1-2-9(18)6-10/h1-6,19H,7H2,(H,20,21). The van der Waals surface area contributed by atoms with Crippen molar-refractivity contribution in [2.45, 2.75) is 0 Å². The molecule has 7 heteroatoms. The van der Waals surface area contributed by atoms with E-state index in [0.29, 0.717) is 10.7 Å². The highest BCUT2D eigenvalue weighted by atomic mass is 79.9. The molecule has 0 saturated carbocycles. The minimum atomic E-state index is -0.154. The van der Waals surface area contributed by atoms with Crippen LogP contribution in [-0.4, -0.2) is 12.5 Å². The van der Waals surface area contributed by atoms with Crippen LogP contribution in [0.3, 0.4) is 0 Å². The smallest absolute Gasteiger partial charge is 0.243 e. The van der Waals surface area contributed by atoms with E-state index in [1.165, 1.54) is 0 Å². The number of carbonyl (C=O) groups is 1. The lowest BCUT2D eigenvalue weighted by molar-refractivity contribution is -0.114. The van der Waals surface area contributed by atoms with Gasteiger partial charge < -0.3 is 10.6 Å². The summed E-state index contributed by atoms with van der Waals surface area (Å²) in [4.78, 5) is 11.9. The van der Waals surface area contributed by atoms with Crippen LogP contribution in [-0.2, 0) is 4.79 Å². The minimum Gasteiger partial charge on any atom is -0.374 e. The maximum Gasteiger partial charge on any atom is 0.243 e. The highest BCUT2D eigenvalue weighted by Crippen LogP contribution is 2.34. The molecular weight excluding hydrogens is 487 g/mol. The Labute approximate surface area is 152 Å². The van der Waals surface area contributed by atoms with Gasteiger partial charge in [0.25, 0.3) is 0 Å². The lowest BCUT2D eigenvalue weighted by Gasteiger charge is -2.12. The number of halogens is 4. The van der Waals surface area contributed by atoms with Crippen molar-refractivity contribution in [2.24, 2.45) is 0 Å². The minimum absolute atomic E-state index is 0.144. The van der Waals surface area contributed by atoms with Gasteiger partial charge in [-0.3, -0.25) is 4.79 Å². The predicted octanol–water partition coefficient (Wildman–Crippen LogP) is 5.68. The molecule has 0 heterocycles. The molecule has 0 saturated heterocycles. The van der Waals surface area contributed by atoms with E-state index < -0.39 is 0 Å². The van der Waals surface area contributed by atoms with Crippen LogP contribution in [0.4, 0.5) is 11.4 Å². The zero-order valence-electron chi connectivity index (χ0n) is 10.6. The first-order chi connectivity index (χ1) is 9.95. The van der Waals surface area contributed by atoms with Gasteiger partial charge in [-0.05, 0) is 62.2 Å². The molecule has 0 aromatic heterocycles. The maximum atomic E-state index is 11.9. The zero-order valence-corrected chi connectivity index (χ0v) is 16.1. The van der Waals surface area contributed by atoms with Gasteiger partial charge in [0.2, 0.25) is 5.91 Å². The lowest BCUT2D eigenvalue weighted by atomic mass is 10.3. The van der Waals surface area contributed by atoms with E-state index in [4.69, 9.17) is 11.6 Å². The second kappa shape index (κ2) is 7.63. The Hall–Kier alpha value is -0.560. The van der Waals surface area contributed by atoms with E-state index in [-0.39, 0.29) is 12.5 Å². The van der Waals surface area contributed by atoms with Crippen LogP contribution in [0.2, 0.25) is 5.02 Å². The van der Waals surface area contributed by atoms with Crippen LogP contribution in [0.15, 0.2) is 49.8 Å². The Morgan fingerprint density at radius 1 is 1.10 bits per heavy atom. The summed E-state index contributed by atoms with van der Waals surface area (Å²) < 4.78 is 2.66. The van der Waals surface area contributed by atoms with Crippen LogP contribution in [0, 0.1) is 0 Å². The van der Waals surface area contributed by atoms with Crippen molar-refractivity contribution < 1.29 is 4.79 Å². The van der Waals surface area contributed by atoms with E-state index in [9.17, 15) is 4.79 Å². The number of benzene rings is 2. The quantitative estimate of drug-likeness (QED) is 0.571. The summed E-state index contributed by atoms with van der Waals surface area (Å²) in [5.74, 6) is -0.154. The maximum absolute atomic E-state index is 11.9. The van der Waals surface area contributed by atoms with Gasteiger partial charge in [0.05, 0.1) is 12.2 Å². The Kier molecular flexibility index (Phi) is 6.10. The average Bonchev–Trinajstić information content (AvgIpc) is 2.37. The molecule has 0 unspecified atom stereocenters. The van der Waals surface area contributed by atoms with Crippen LogP contribution in [0.1, 0.15) is 0 Å². The van der Waals surface area contributed by atoms with Crippen LogP contribution >= 0.6 is 59.4 Å². The molecule has 0 atom stereocenters. The van der Waals surface area contributed by atoms with Crippen LogP contribution < -0.4 is 10.6 Å². The van der Waals surface area contributed by atoms with Gasteiger partial charge in [0.15, 0.2) is 0 Å². The second-order valence-electron chi connectivity index (χ2n) is 4.16. The fourth-order valence-electron chi connectivity index (χ4n) is 1.65. The number of nitrogens with one attached hydrogen (secondary N) is 2. The molecule has 3 nitrogen and oxygen atoms in total. The number of amides is 1. The monoisotopic (exact) mass is 494 g/mol. The third-order valence-electron chi connectivity index (χ3n) is 2.54. The highest BCUT2D eigenvalue weighted by Gasteiger charge is 2.09. The summed E-state index contributed by atoms with van der Waals surface area (Å²) in [5, 5.41) is 6.44. The average molecular weight is 497 g/mol. The van der Waals surface area contributed by atoms with E-state index in [1.54, 1.807) is 24.3 Å². The topological polar surface area (TPSA) is 41.1 Å². The van der Waals surface area contributed by atoms with E-state index in [1.807, 2.05) is 12.1 Å². The fourth-order valence-corrected chi connectivity index (χ4v) is 4.38. The predicted molar refractivity (Wildman–Crippen MR) is 98.1 cm³/mol. The van der Waals surface area contributed by atoms with Gasteiger partial charge in [0, 0.05) is 24.1 Å².